The molecule has 2 unspecified atom stereocenters. The number of pyridine rings is 1. The van der Waals surface area contributed by atoms with E-state index in [-0.39, 0.29) is 12.0 Å². The molecule has 0 amide bonds. The molecule has 1 fully saturated rings. The Morgan fingerprint density at radius 1 is 1.50 bits per heavy atom. The van der Waals surface area contributed by atoms with E-state index >= 15 is 0 Å². The summed E-state index contributed by atoms with van der Waals surface area (Å²) in [6.07, 6.45) is 5.57. The molecule has 0 spiro atoms. The Bertz CT molecular complexity index is 389. The number of nitrogens with one attached hydrogen (secondary N) is 1. The van der Waals surface area contributed by atoms with Crippen molar-refractivity contribution in [2.45, 2.75) is 32.7 Å². The molecule has 1 aliphatic rings. The van der Waals surface area contributed by atoms with Crippen LogP contribution in [-0.4, -0.2) is 36.5 Å². The number of nitrogens with zero attached hydrogens (tertiary/aromatic N) is 1. The van der Waals surface area contributed by atoms with Gasteiger partial charge in [0, 0.05) is 43.6 Å². The number of aliphatic hydroxyl groups is 1. The summed E-state index contributed by atoms with van der Waals surface area (Å²) in [4.78, 5) is 4.22. The lowest BCUT2D eigenvalue weighted by atomic mass is 9.83. The first-order valence-electron chi connectivity index (χ1n) is 7.49. The van der Waals surface area contributed by atoms with Gasteiger partial charge in [0.2, 0.25) is 0 Å². The number of ether oxygens (including phenoxy) is 1. The van der Waals surface area contributed by atoms with Gasteiger partial charge in [-0.2, -0.15) is 0 Å². The molecule has 0 saturated carbocycles. The number of aliphatic hydroxyl groups excluding tert-OH is 1. The number of hydrogen-bond donors (Lipinski definition) is 2. The van der Waals surface area contributed by atoms with Crippen LogP contribution in [0.3, 0.4) is 0 Å². The molecule has 4 nitrogen and oxygen atoms in total. The highest BCUT2D eigenvalue weighted by molar-refractivity contribution is 5.14. The second kappa shape index (κ2) is 7.16. The summed E-state index contributed by atoms with van der Waals surface area (Å²) in [6.45, 7) is 7.10. The Labute approximate surface area is 121 Å². The zero-order valence-corrected chi connectivity index (χ0v) is 12.5. The summed E-state index contributed by atoms with van der Waals surface area (Å²) in [5.41, 5.74) is 1.31. The molecular formula is C16H26N2O2. The minimum absolute atomic E-state index is 0.0874. The fourth-order valence-electron chi connectivity index (χ4n) is 2.94. The van der Waals surface area contributed by atoms with Gasteiger partial charge in [-0.1, -0.05) is 19.9 Å². The maximum atomic E-state index is 9.29. The van der Waals surface area contributed by atoms with Crippen LogP contribution >= 0.6 is 0 Å². The minimum Gasteiger partial charge on any atom is -0.396 e. The second-order valence-electron chi connectivity index (χ2n) is 6.17. The molecule has 0 aliphatic carbocycles. The summed E-state index contributed by atoms with van der Waals surface area (Å²) in [5.74, 6) is 0.493. The predicted octanol–water partition coefficient (Wildman–Crippen LogP) is 2.16. The third-order valence-corrected chi connectivity index (χ3v) is 4.23. The molecule has 0 aromatic carbocycles. The number of aromatic nitrogens is 1. The number of hydrogen-bond acceptors (Lipinski definition) is 4. The van der Waals surface area contributed by atoms with Crippen molar-refractivity contribution in [2.24, 2.45) is 11.3 Å². The smallest absolute Gasteiger partial charge is 0.0536 e. The average molecular weight is 278 g/mol. The molecule has 2 N–H and O–H groups in total. The Hall–Kier alpha value is -0.970. The van der Waals surface area contributed by atoms with Crippen molar-refractivity contribution in [1.29, 1.82) is 0 Å². The summed E-state index contributed by atoms with van der Waals surface area (Å²) in [6, 6.07) is 4.39. The zero-order valence-electron chi connectivity index (χ0n) is 12.5. The highest BCUT2D eigenvalue weighted by atomic mass is 16.5. The maximum absolute atomic E-state index is 9.29. The Morgan fingerprint density at radius 2 is 2.35 bits per heavy atom. The fourth-order valence-corrected chi connectivity index (χ4v) is 2.94. The third kappa shape index (κ3) is 3.78. The molecule has 2 heterocycles. The standard InChI is InChI=1S/C16H26N2O2/c1-13(2)15(14-4-3-7-17-10-14)18-11-16(5-8-19)6-9-20-12-16/h3-4,7,10,13,15,18-19H,5-6,8-9,11-12H2,1-2H3. The minimum atomic E-state index is 0.0874. The van der Waals surface area contributed by atoms with Crippen LogP contribution in [0, 0.1) is 11.3 Å². The topological polar surface area (TPSA) is 54.4 Å². The summed E-state index contributed by atoms with van der Waals surface area (Å²) in [7, 11) is 0. The fraction of sp³-hybridized carbons (Fsp3) is 0.688. The van der Waals surface area contributed by atoms with Crippen LogP contribution in [-0.2, 0) is 4.74 Å². The van der Waals surface area contributed by atoms with Gasteiger partial charge in [0.25, 0.3) is 0 Å². The molecule has 1 aliphatic heterocycles. The largest absolute Gasteiger partial charge is 0.396 e. The molecule has 2 atom stereocenters. The average Bonchev–Trinajstić information content (AvgIpc) is 2.89. The van der Waals surface area contributed by atoms with E-state index in [2.05, 4.69) is 30.2 Å². The zero-order chi connectivity index (χ0) is 14.4. The van der Waals surface area contributed by atoms with Gasteiger partial charge in [0.05, 0.1) is 6.61 Å². The summed E-state index contributed by atoms with van der Waals surface area (Å²) >= 11 is 0. The van der Waals surface area contributed by atoms with Crippen LogP contribution < -0.4 is 5.32 Å². The lowest BCUT2D eigenvalue weighted by Gasteiger charge is -2.31. The van der Waals surface area contributed by atoms with Gasteiger partial charge in [-0.3, -0.25) is 4.98 Å². The predicted molar refractivity (Wildman–Crippen MR) is 79.4 cm³/mol. The van der Waals surface area contributed by atoms with E-state index in [0.29, 0.717) is 12.0 Å². The monoisotopic (exact) mass is 278 g/mol. The second-order valence-corrected chi connectivity index (χ2v) is 6.17. The molecule has 112 valence electrons. The summed E-state index contributed by atoms with van der Waals surface area (Å²) in [5, 5.41) is 13.0. The van der Waals surface area contributed by atoms with E-state index in [4.69, 9.17) is 4.74 Å². The van der Waals surface area contributed by atoms with Crippen LogP contribution in [0.25, 0.3) is 0 Å². The number of rotatable bonds is 7. The van der Waals surface area contributed by atoms with Crippen LogP contribution in [0.5, 0.6) is 0 Å². The van der Waals surface area contributed by atoms with Crippen LogP contribution in [0.4, 0.5) is 0 Å². The van der Waals surface area contributed by atoms with Crippen molar-refractivity contribution in [1.82, 2.24) is 10.3 Å². The molecule has 0 radical (unpaired) electrons. The van der Waals surface area contributed by atoms with Crippen molar-refractivity contribution in [3.63, 3.8) is 0 Å². The Balaban J connectivity index is 2.02. The van der Waals surface area contributed by atoms with Crippen LogP contribution in [0.2, 0.25) is 0 Å². The maximum Gasteiger partial charge on any atom is 0.0536 e. The van der Waals surface area contributed by atoms with E-state index in [9.17, 15) is 5.11 Å². The van der Waals surface area contributed by atoms with Crippen LogP contribution in [0.15, 0.2) is 24.5 Å². The van der Waals surface area contributed by atoms with Crippen LogP contribution in [0.1, 0.15) is 38.3 Å². The third-order valence-electron chi connectivity index (χ3n) is 4.23. The Morgan fingerprint density at radius 3 is 2.90 bits per heavy atom. The van der Waals surface area contributed by atoms with Gasteiger partial charge in [0.15, 0.2) is 0 Å². The first kappa shape index (κ1) is 15.4. The van der Waals surface area contributed by atoms with E-state index in [1.807, 2.05) is 12.3 Å². The molecule has 20 heavy (non-hydrogen) atoms. The lowest BCUT2D eigenvalue weighted by molar-refractivity contribution is 0.120. The van der Waals surface area contributed by atoms with Crippen molar-refractivity contribution >= 4 is 0 Å². The summed E-state index contributed by atoms with van der Waals surface area (Å²) < 4.78 is 5.55. The molecule has 0 bridgehead atoms. The van der Waals surface area contributed by atoms with E-state index in [0.717, 1.165) is 32.6 Å². The lowest BCUT2D eigenvalue weighted by Crippen LogP contribution is -2.39. The van der Waals surface area contributed by atoms with E-state index in [1.165, 1.54) is 5.56 Å². The Kier molecular flexibility index (Phi) is 5.52. The van der Waals surface area contributed by atoms with Gasteiger partial charge in [-0.15, -0.1) is 0 Å². The van der Waals surface area contributed by atoms with Crippen molar-refractivity contribution in [2.75, 3.05) is 26.4 Å². The van der Waals surface area contributed by atoms with Gasteiger partial charge in [-0.05, 0) is 30.4 Å². The van der Waals surface area contributed by atoms with Crippen molar-refractivity contribution < 1.29 is 9.84 Å². The molecule has 1 saturated heterocycles. The first-order chi connectivity index (χ1) is 9.67. The highest BCUT2D eigenvalue weighted by Gasteiger charge is 2.35. The van der Waals surface area contributed by atoms with Gasteiger partial charge >= 0.3 is 0 Å². The molecule has 1 aromatic heterocycles. The highest BCUT2D eigenvalue weighted by Crippen LogP contribution is 2.33. The van der Waals surface area contributed by atoms with Gasteiger partial charge in [0.1, 0.15) is 0 Å². The van der Waals surface area contributed by atoms with Crippen molar-refractivity contribution in [3.8, 4) is 0 Å². The SMILES string of the molecule is CC(C)C(NCC1(CCO)CCOC1)c1cccnc1. The van der Waals surface area contributed by atoms with Gasteiger partial charge in [-0.25, -0.2) is 0 Å². The van der Waals surface area contributed by atoms with E-state index < -0.39 is 0 Å². The molecule has 4 heteroatoms. The molecule has 2 rings (SSSR count). The molecule has 1 aromatic rings. The molecular weight excluding hydrogens is 252 g/mol. The van der Waals surface area contributed by atoms with Crippen molar-refractivity contribution in [3.05, 3.63) is 30.1 Å². The first-order valence-corrected chi connectivity index (χ1v) is 7.49. The quantitative estimate of drug-likeness (QED) is 0.802. The normalized spacial score (nSPS) is 24.2. The van der Waals surface area contributed by atoms with Gasteiger partial charge < -0.3 is 15.2 Å². The van der Waals surface area contributed by atoms with E-state index in [1.54, 1.807) is 6.20 Å².